The molecule has 1 aliphatic rings. The number of piperidine rings is 1. The van der Waals surface area contributed by atoms with Crippen LogP contribution in [0.15, 0.2) is 29.3 Å². The van der Waals surface area contributed by atoms with Crippen molar-refractivity contribution in [2.45, 2.75) is 33.7 Å². The summed E-state index contributed by atoms with van der Waals surface area (Å²) < 4.78 is 6.48. The van der Waals surface area contributed by atoms with Gasteiger partial charge in [0.05, 0.1) is 34.3 Å². The second-order valence-corrected chi connectivity index (χ2v) is 10.3. The highest BCUT2D eigenvalue weighted by molar-refractivity contribution is 7.20. The van der Waals surface area contributed by atoms with Crippen LogP contribution in [0, 0.1) is 28.9 Å². The van der Waals surface area contributed by atoms with Crippen LogP contribution < -0.4 is 15.6 Å². The Kier molecular flexibility index (Phi) is 7.07. The van der Waals surface area contributed by atoms with Gasteiger partial charge in [0.25, 0.3) is 17.2 Å². The molecule has 1 fully saturated rings. The number of non-ortho nitro benzene ring substituents is 1. The summed E-state index contributed by atoms with van der Waals surface area (Å²) in [6.07, 6.45) is 2.40. The number of nitro benzene ring substituents is 1. The van der Waals surface area contributed by atoms with Gasteiger partial charge in [0.2, 0.25) is 5.91 Å². The van der Waals surface area contributed by atoms with Crippen molar-refractivity contribution in [3.8, 4) is 5.75 Å². The number of aryl methyl sites for hydroxylation is 1. The summed E-state index contributed by atoms with van der Waals surface area (Å²) >= 11 is 1.04. The monoisotopic (exact) mass is 513 g/mol. The van der Waals surface area contributed by atoms with E-state index in [1.165, 1.54) is 36.2 Å². The van der Waals surface area contributed by atoms with E-state index in [9.17, 15) is 24.5 Å². The highest BCUT2D eigenvalue weighted by Gasteiger charge is 2.27. The number of nitrogens with one attached hydrogen (secondary N) is 1. The van der Waals surface area contributed by atoms with Crippen molar-refractivity contribution in [3.05, 3.63) is 55.4 Å². The van der Waals surface area contributed by atoms with Gasteiger partial charge in [0.15, 0.2) is 0 Å². The molecule has 1 N–H and O–H groups in total. The lowest BCUT2D eigenvalue weighted by atomic mass is 9.92. The molecule has 2 atom stereocenters. The number of amides is 2. The van der Waals surface area contributed by atoms with Crippen molar-refractivity contribution in [2.75, 3.05) is 25.5 Å². The number of ether oxygens (including phenoxy) is 1. The maximum atomic E-state index is 13.2. The fourth-order valence-electron chi connectivity index (χ4n) is 4.69. The number of carbonyl (C=O) groups excluding carboxylic acids is 2. The van der Waals surface area contributed by atoms with Crippen molar-refractivity contribution < 1.29 is 19.2 Å². The number of likely N-dealkylation sites (tertiary alicyclic amines) is 1. The van der Waals surface area contributed by atoms with Crippen molar-refractivity contribution in [3.63, 3.8) is 0 Å². The Morgan fingerprint density at radius 1 is 1.28 bits per heavy atom. The van der Waals surface area contributed by atoms with Crippen LogP contribution >= 0.6 is 11.3 Å². The molecular formula is C24H27N5O6S. The largest absolute Gasteiger partial charge is 0.495 e. The first kappa shape index (κ1) is 25.3. The van der Waals surface area contributed by atoms with Gasteiger partial charge in [-0.25, -0.2) is 4.98 Å². The summed E-state index contributed by atoms with van der Waals surface area (Å²) in [5, 5.41) is 14.0. The van der Waals surface area contributed by atoms with Crippen LogP contribution in [-0.2, 0) is 11.3 Å². The Morgan fingerprint density at radius 3 is 2.61 bits per heavy atom. The van der Waals surface area contributed by atoms with E-state index in [0.717, 1.165) is 17.8 Å². The molecule has 0 bridgehead atoms. The molecule has 2 aromatic heterocycles. The molecule has 1 aromatic carbocycles. The predicted molar refractivity (Wildman–Crippen MR) is 136 cm³/mol. The lowest BCUT2D eigenvalue weighted by Gasteiger charge is -2.35. The highest BCUT2D eigenvalue weighted by atomic mass is 32.1. The van der Waals surface area contributed by atoms with Crippen molar-refractivity contribution in [1.29, 1.82) is 0 Å². The molecule has 4 rings (SSSR count). The summed E-state index contributed by atoms with van der Waals surface area (Å²) in [6.45, 7) is 7.07. The third-order valence-corrected chi connectivity index (χ3v) is 7.49. The minimum absolute atomic E-state index is 0.122. The minimum atomic E-state index is -0.571. The minimum Gasteiger partial charge on any atom is -0.495 e. The summed E-state index contributed by atoms with van der Waals surface area (Å²) in [7, 11) is 1.39. The van der Waals surface area contributed by atoms with Gasteiger partial charge in [-0.2, -0.15) is 0 Å². The van der Waals surface area contributed by atoms with E-state index in [-0.39, 0.29) is 39.8 Å². The molecule has 11 nitrogen and oxygen atoms in total. The standard InChI is InChI=1S/C24H27N5O6S/c1-13-7-14(2)10-27(9-13)19(30)11-28-12-25-23-20(24(28)32)15(3)21(36-23)22(31)26-17-8-16(29(33)34)5-6-18(17)35-4/h5-6,8,12-14H,7,9-11H2,1-4H3,(H,26,31)/t13-,14-/m1/s1. The molecule has 2 amide bonds. The zero-order valence-corrected chi connectivity index (χ0v) is 21.3. The number of carbonyl (C=O) groups is 2. The fraction of sp³-hybridized carbons (Fsp3) is 0.417. The summed E-state index contributed by atoms with van der Waals surface area (Å²) in [6, 6.07) is 3.88. The number of nitro groups is 1. The number of thiophene rings is 1. The van der Waals surface area contributed by atoms with E-state index in [1.54, 1.807) is 11.8 Å². The third kappa shape index (κ3) is 4.94. The topological polar surface area (TPSA) is 137 Å². The zero-order chi connectivity index (χ0) is 26.1. The van der Waals surface area contributed by atoms with Gasteiger partial charge in [-0.05, 0) is 36.8 Å². The van der Waals surface area contributed by atoms with E-state index in [0.29, 0.717) is 35.3 Å². The van der Waals surface area contributed by atoms with Gasteiger partial charge in [0.1, 0.15) is 17.1 Å². The zero-order valence-electron chi connectivity index (χ0n) is 20.4. The maximum Gasteiger partial charge on any atom is 0.271 e. The van der Waals surface area contributed by atoms with E-state index in [1.807, 2.05) is 0 Å². The Labute approximate surface area is 210 Å². The summed E-state index contributed by atoms with van der Waals surface area (Å²) in [4.78, 5) is 56.5. The van der Waals surface area contributed by atoms with Crippen molar-refractivity contribution >= 4 is 44.7 Å². The second kappa shape index (κ2) is 10.1. The first-order valence-corrected chi connectivity index (χ1v) is 12.3. The van der Waals surface area contributed by atoms with E-state index in [4.69, 9.17) is 4.74 Å². The molecule has 12 heteroatoms. The molecule has 0 spiro atoms. The van der Waals surface area contributed by atoms with Gasteiger partial charge < -0.3 is 15.0 Å². The van der Waals surface area contributed by atoms with Gasteiger partial charge >= 0.3 is 0 Å². The first-order valence-electron chi connectivity index (χ1n) is 11.5. The van der Waals surface area contributed by atoms with Gasteiger partial charge in [0, 0.05) is 25.2 Å². The number of fused-ring (bicyclic) bond motifs is 1. The second-order valence-electron chi connectivity index (χ2n) is 9.25. The quantitative estimate of drug-likeness (QED) is 0.394. The average Bonchev–Trinajstić information content (AvgIpc) is 3.17. The number of hydrogen-bond donors (Lipinski definition) is 1. The van der Waals surface area contributed by atoms with Crippen LogP contribution in [0.3, 0.4) is 0 Å². The van der Waals surface area contributed by atoms with Crippen LogP contribution in [0.2, 0.25) is 0 Å². The number of aromatic nitrogens is 2. The van der Waals surface area contributed by atoms with Gasteiger partial charge in [-0.3, -0.25) is 29.1 Å². The molecule has 0 aliphatic carbocycles. The first-order chi connectivity index (χ1) is 17.1. The Balaban J connectivity index is 1.61. The average molecular weight is 514 g/mol. The summed E-state index contributed by atoms with van der Waals surface area (Å²) in [5.74, 6) is 0.376. The lowest BCUT2D eigenvalue weighted by molar-refractivity contribution is -0.384. The lowest BCUT2D eigenvalue weighted by Crippen LogP contribution is -2.44. The normalized spacial score (nSPS) is 17.7. The number of rotatable bonds is 6. The van der Waals surface area contributed by atoms with Crippen molar-refractivity contribution in [1.82, 2.24) is 14.5 Å². The van der Waals surface area contributed by atoms with E-state index in [2.05, 4.69) is 24.1 Å². The predicted octanol–water partition coefficient (Wildman–Crippen LogP) is 3.44. The molecule has 1 aliphatic heterocycles. The molecular weight excluding hydrogens is 486 g/mol. The van der Waals surface area contributed by atoms with Crippen LogP contribution in [0.4, 0.5) is 11.4 Å². The number of anilines is 1. The molecule has 36 heavy (non-hydrogen) atoms. The summed E-state index contributed by atoms with van der Waals surface area (Å²) in [5.41, 5.74) is -0.0380. The maximum absolute atomic E-state index is 13.2. The van der Waals surface area contributed by atoms with Crippen LogP contribution in [0.25, 0.3) is 10.2 Å². The smallest absolute Gasteiger partial charge is 0.271 e. The number of nitrogens with zero attached hydrogens (tertiary/aromatic N) is 4. The SMILES string of the molecule is COc1ccc([N+](=O)[O-])cc1NC(=O)c1sc2ncn(CC(=O)N3C[C@H](C)C[C@@H](C)C3)c(=O)c2c1C. The Bertz CT molecular complexity index is 1400. The van der Waals surface area contributed by atoms with Crippen LogP contribution in [-0.4, -0.2) is 51.4 Å². The van der Waals surface area contributed by atoms with Gasteiger partial charge in [-0.15, -0.1) is 11.3 Å². The number of benzene rings is 1. The van der Waals surface area contributed by atoms with E-state index < -0.39 is 16.4 Å². The van der Waals surface area contributed by atoms with Crippen LogP contribution in [0.1, 0.15) is 35.5 Å². The van der Waals surface area contributed by atoms with Crippen LogP contribution in [0.5, 0.6) is 5.75 Å². The third-order valence-electron chi connectivity index (χ3n) is 6.29. The Hall–Kier alpha value is -3.80. The molecule has 3 aromatic rings. The molecule has 0 saturated carbocycles. The number of hydrogen-bond acceptors (Lipinski definition) is 8. The van der Waals surface area contributed by atoms with Crippen molar-refractivity contribution in [2.24, 2.45) is 11.8 Å². The number of methoxy groups -OCH3 is 1. The molecule has 3 heterocycles. The highest BCUT2D eigenvalue weighted by Crippen LogP contribution is 2.32. The molecule has 0 unspecified atom stereocenters. The van der Waals surface area contributed by atoms with E-state index >= 15 is 0 Å². The van der Waals surface area contributed by atoms with Gasteiger partial charge in [-0.1, -0.05) is 13.8 Å². The molecule has 0 radical (unpaired) electrons. The molecule has 190 valence electrons. The molecule has 1 saturated heterocycles. The Morgan fingerprint density at radius 2 is 1.97 bits per heavy atom. The fourth-order valence-corrected chi connectivity index (χ4v) is 5.72.